The first-order valence-corrected chi connectivity index (χ1v) is 9.47. The molecule has 0 aliphatic rings. The van der Waals surface area contributed by atoms with Crippen molar-refractivity contribution in [1.29, 1.82) is 0 Å². The minimum Gasteiger partial charge on any atom is -0.497 e. The third-order valence-corrected chi connectivity index (χ3v) is 4.28. The predicted octanol–water partition coefficient (Wildman–Crippen LogP) is 4.01. The molecule has 0 bridgehead atoms. The topological polar surface area (TPSA) is 69.7 Å². The highest BCUT2D eigenvalue weighted by Crippen LogP contribution is 2.23. The third-order valence-electron chi connectivity index (χ3n) is 4.28. The molecular weight excluding hydrogens is 380 g/mol. The fourth-order valence-electron chi connectivity index (χ4n) is 2.73. The van der Waals surface area contributed by atoms with Crippen LogP contribution in [0.1, 0.15) is 16.8 Å². The first-order chi connectivity index (χ1) is 14.7. The zero-order chi connectivity index (χ0) is 21.2. The van der Waals surface area contributed by atoms with Crippen LogP contribution in [-0.4, -0.2) is 25.1 Å². The minimum atomic E-state index is -0.198. The van der Waals surface area contributed by atoms with E-state index in [1.54, 1.807) is 32.6 Å². The summed E-state index contributed by atoms with van der Waals surface area (Å²) >= 11 is 0. The van der Waals surface area contributed by atoms with Crippen molar-refractivity contribution in [1.82, 2.24) is 10.3 Å². The molecule has 0 aliphatic heterocycles. The van der Waals surface area contributed by atoms with Gasteiger partial charge in [-0.05, 0) is 53.6 Å². The van der Waals surface area contributed by atoms with Crippen LogP contribution in [0.2, 0.25) is 0 Å². The van der Waals surface area contributed by atoms with Gasteiger partial charge in [0.05, 0.1) is 19.9 Å². The van der Waals surface area contributed by atoms with Crippen LogP contribution in [0, 0.1) is 0 Å². The van der Waals surface area contributed by atoms with Crippen LogP contribution >= 0.6 is 0 Å². The summed E-state index contributed by atoms with van der Waals surface area (Å²) in [6, 6.07) is 18.7. The van der Waals surface area contributed by atoms with Crippen LogP contribution in [-0.2, 0) is 17.9 Å². The van der Waals surface area contributed by atoms with Gasteiger partial charge in [0, 0.05) is 24.9 Å². The van der Waals surface area contributed by atoms with Gasteiger partial charge in [-0.2, -0.15) is 0 Å². The smallest absolute Gasteiger partial charge is 0.244 e. The molecule has 1 aromatic heterocycles. The quantitative estimate of drug-likeness (QED) is 0.546. The Bertz CT molecular complexity index is 981. The number of hydrogen-bond acceptors (Lipinski definition) is 5. The van der Waals surface area contributed by atoms with E-state index in [1.165, 1.54) is 6.08 Å². The summed E-state index contributed by atoms with van der Waals surface area (Å²) in [5, 5.41) is 2.87. The maximum Gasteiger partial charge on any atom is 0.244 e. The Balaban J connectivity index is 1.54. The number of nitrogens with zero attached hydrogens (tertiary/aromatic N) is 1. The molecule has 2 aromatic carbocycles. The highest BCUT2D eigenvalue weighted by atomic mass is 16.5. The Morgan fingerprint density at radius 2 is 1.77 bits per heavy atom. The molecule has 0 radical (unpaired) electrons. The fraction of sp³-hybridized carbons (Fsp3) is 0.167. The normalized spacial score (nSPS) is 10.6. The summed E-state index contributed by atoms with van der Waals surface area (Å²) in [6.45, 7) is 0.786. The van der Waals surface area contributed by atoms with Gasteiger partial charge in [-0.25, -0.2) is 0 Å². The van der Waals surface area contributed by atoms with Crippen LogP contribution in [0.15, 0.2) is 72.9 Å². The highest BCUT2D eigenvalue weighted by Gasteiger charge is 2.03. The SMILES string of the molecule is COc1cc(/C=C/C(=O)NCc2cccc(OCc3ccccn3)c2)cc(OC)c1. The van der Waals surface area contributed by atoms with Crippen molar-refractivity contribution < 1.29 is 19.0 Å². The molecule has 3 aromatic rings. The molecule has 0 unspecified atom stereocenters. The Hall–Kier alpha value is -3.80. The molecule has 0 atom stereocenters. The maximum atomic E-state index is 12.2. The lowest BCUT2D eigenvalue weighted by Crippen LogP contribution is -2.20. The van der Waals surface area contributed by atoms with Crippen LogP contribution in [0.5, 0.6) is 17.2 Å². The van der Waals surface area contributed by atoms with Gasteiger partial charge in [0.2, 0.25) is 5.91 Å². The average molecular weight is 404 g/mol. The number of amides is 1. The van der Waals surface area contributed by atoms with Gasteiger partial charge in [0.1, 0.15) is 23.9 Å². The molecule has 6 nitrogen and oxygen atoms in total. The van der Waals surface area contributed by atoms with Crippen LogP contribution < -0.4 is 19.5 Å². The molecule has 1 N–H and O–H groups in total. The van der Waals surface area contributed by atoms with E-state index in [0.29, 0.717) is 24.7 Å². The first-order valence-electron chi connectivity index (χ1n) is 9.47. The molecular formula is C24H24N2O4. The fourth-order valence-corrected chi connectivity index (χ4v) is 2.73. The van der Waals surface area contributed by atoms with Gasteiger partial charge >= 0.3 is 0 Å². The van der Waals surface area contributed by atoms with E-state index < -0.39 is 0 Å². The number of nitrogens with one attached hydrogen (secondary N) is 1. The molecule has 6 heteroatoms. The number of pyridine rings is 1. The van der Waals surface area contributed by atoms with Crippen molar-refractivity contribution in [2.75, 3.05) is 14.2 Å². The largest absolute Gasteiger partial charge is 0.497 e. The second-order valence-corrected chi connectivity index (χ2v) is 6.45. The van der Waals surface area contributed by atoms with E-state index in [2.05, 4.69) is 10.3 Å². The van der Waals surface area contributed by atoms with Crippen molar-refractivity contribution >= 4 is 12.0 Å². The number of ether oxygens (including phenoxy) is 3. The zero-order valence-electron chi connectivity index (χ0n) is 17.0. The van der Waals surface area contributed by atoms with E-state index >= 15 is 0 Å². The summed E-state index contributed by atoms with van der Waals surface area (Å²) in [7, 11) is 3.17. The van der Waals surface area contributed by atoms with E-state index in [4.69, 9.17) is 14.2 Å². The molecule has 1 amide bonds. The van der Waals surface area contributed by atoms with Crippen LogP contribution in [0.25, 0.3) is 6.08 Å². The zero-order valence-corrected chi connectivity index (χ0v) is 17.0. The highest BCUT2D eigenvalue weighted by molar-refractivity contribution is 5.91. The van der Waals surface area contributed by atoms with Gasteiger partial charge in [0.25, 0.3) is 0 Å². The Morgan fingerprint density at radius 1 is 0.967 bits per heavy atom. The Labute approximate surface area is 176 Å². The van der Waals surface area contributed by atoms with Crippen molar-refractivity contribution in [2.45, 2.75) is 13.2 Å². The third kappa shape index (κ3) is 6.38. The van der Waals surface area contributed by atoms with E-state index in [9.17, 15) is 4.79 Å². The van der Waals surface area contributed by atoms with Crippen molar-refractivity contribution in [3.8, 4) is 17.2 Å². The van der Waals surface area contributed by atoms with Crippen LogP contribution in [0.3, 0.4) is 0 Å². The second-order valence-electron chi connectivity index (χ2n) is 6.45. The van der Waals surface area contributed by atoms with Crippen molar-refractivity contribution in [3.63, 3.8) is 0 Å². The Kier molecular flexibility index (Phi) is 7.44. The van der Waals surface area contributed by atoms with Gasteiger partial charge in [-0.3, -0.25) is 9.78 Å². The average Bonchev–Trinajstić information content (AvgIpc) is 2.80. The molecule has 154 valence electrons. The maximum absolute atomic E-state index is 12.2. The summed E-state index contributed by atoms with van der Waals surface area (Å²) in [6.07, 6.45) is 4.93. The van der Waals surface area contributed by atoms with Crippen molar-refractivity contribution in [3.05, 3.63) is 89.8 Å². The predicted molar refractivity (Wildman–Crippen MR) is 115 cm³/mol. The molecule has 0 spiro atoms. The molecule has 0 saturated heterocycles. The number of carbonyl (C=O) groups excluding carboxylic acids is 1. The number of rotatable bonds is 9. The summed E-state index contributed by atoms with van der Waals surface area (Å²) in [4.78, 5) is 16.4. The molecule has 0 saturated carbocycles. The van der Waals surface area contributed by atoms with Crippen molar-refractivity contribution in [2.24, 2.45) is 0 Å². The molecule has 3 rings (SSSR count). The number of benzene rings is 2. The summed E-state index contributed by atoms with van der Waals surface area (Å²) < 4.78 is 16.3. The van der Waals surface area contributed by atoms with E-state index in [0.717, 1.165) is 22.6 Å². The molecule has 30 heavy (non-hydrogen) atoms. The Morgan fingerprint density at radius 3 is 2.47 bits per heavy atom. The van der Waals surface area contributed by atoms with E-state index in [-0.39, 0.29) is 5.91 Å². The molecule has 0 fully saturated rings. The van der Waals surface area contributed by atoms with Gasteiger partial charge in [0.15, 0.2) is 0 Å². The lowest BCUT2D eigenvalue weighted by Gasteiger charge is -2.08. The van der Waals surface area contributed by atoms with Crippen LogP contribution in [0.4, 0.5) is 0 Å². The summed E-state index contributed by atoms with van der Waals surface area (Å²) in [5.41, 5.74) is 2.61. The van der Waals surface area contributed by atoms with Gasteiger partial charge < -0.3 is 19.5 Å². The lowest BCUT2D eigenvalue weighted by atomic mass is 10.2. The number of aromatic nitrogens is 1. The number of carbonyl (C=O) groups is 1. The number of hydrogen-bond donors (Lipinski definition) is 1. The standard InChI is InChI=1S/C24H24N2O4/c1-28-22-12-18(13-23(15-22)29-2)9-10-24(27)26-16-19-6-5-8-21(14-19)30-17-20-7-3-4-11-25-20/h3-15H,16-17H2,1-2H3,(H,26,27)/b10-9+. The minimum absolute atomic E-state index is 0.198. The first kappa shape index (κ1) is 20.9. The second kappa shape index (κ2) is 10.7. The number of methoxy groups -OCH3 is 2. The monoisotopic (exact) mass is 404 g/mol. The molecule has 1 heterocycles. The molecule has 0 aliphatic carbocycles. The van der Waals surface area contributed by atoms with Gasteiger partial charge in [-0.1, -0.05) is 18.2 Å². The van der Waals surface area contributed by atoms with Gasteiger partial charge in [-0.15, -0.1) is 0 Å². The summed E-state index contributed by atoms with van der Waals surface area (Å²) in [5.74, 6) is 1.86. The van der Waals surface area contributed by atoms with E-state index in [1.807, 2.05) is 54.6 Å². The lowest BCUT2D eigenvalue weighted by molar-refractivity contribution is -0.116.